The van der Waals surface area contributed by atoms with Gasteiger partial charge in [0.25, 0.3) is 0 Å². The number of hydrogen-bond donors (Lipinski definition) is 4. The van der Waals surface area contributed by atoms with Crippen LogP contribution in [0.1, 0.15) is 328 Å². The molecule has 0 aliphatic rings. The molecule has 0 spiro atoms. The zero-order chi connectivity index (χ0) is 44.4. The van der Waals surface area contributed by atoms with Crippen molar-refractivity contribution in [2.45, 2.75) is 347 Å². The summed E-state index contributed by atoms with van der Waals surface area (Å²) >= 11 is 0. The van der Waals surface area contributed by atoms with Gasteiger partial charge in [0.05, 0.1) is 18.8 Å². The van der Waals surface area contributed by atoms with Crippen LogP contribution in [0.2, 0.25) is 0 Å². The molecule has 0 bridgehead atoms. The Balaban J connectivity index is 3.49. The lowest BCUT2D eigenvalue weighted by Gasteiger charge is -2.23. The van der Waals surface area contributed by atoms with E-state index in [4.69, 9.17) is 0 Å². The first-order valence-corrected chi connectivity index (χ1v) is 28.3. The topological polar surface area (TPSA) is 89.8 Å². The zero-order valence-corrected chi connectivity index (χ0v) is 41.8. The van der Waals surface area contributed by atoms with Gasteiger partial charge in [-0.1, -0.05) is 316 Å². The molecule has 0 saturated carbocycles. The predicted octanol–water partition coefficient (Wildman–Crippen LogP) is 17.3. The van der Waals surface area contributed by atoms with Crippen LogP contribution in [0.3, 0.4) is 0 Å². The molecule has 0 aromatic carbocycles. The highest BCUT2D eigenvalue weighted by atomic mass is 16.3. The van der Waals surface area contributed by atoms with E-state index < -0.39 is 24.2 Å². The van der Waals surface area contributed by atoms with Gasteiger partial charge in [-0.25, -0.2) is 0 Å². The molecule has 0 aliphatic heterocycles. The van der Waals surface area contributed by atoms with Crippen molar-refractivity contribution in [3.63, 3.8) is 0 Å². The fraction of sp³-hybridized carbons (Fsp3) is 0.982. The minimum Gasteiger partial charge on any atom is -0.394 e. The van der Waals surface area contributed by atoms with Gasteiger partial charge in [-0.15, -0.1) is 0 Å². The van der Waals surface area contributed by atoms with Gasteiger partial charge in [0.1, 0.15) is 6.10 Å². The summed E-state index contributed by atoms with van der Waals surface area (Å²) in [5.41, 5.74) is 0. The number of nitrogens with one attached hydrogen (secondary N) is 1. The van der Waals surface area contributed by atoms with E-state index in [1.165, 1.54) is 270 Å². The number of unbranched alkanes of at least 4 members (excludes halogenated alkanes) is 45. The molecule has 3 atom stereocenters. The first-order chi connectivity index (χ1) is 30.1. The van der Waals surface area contributed by atoms with Crippen LogP contribution >= 0.6 is 0 Å². The van der Waals surface area contributed by atoms with Gasteiger partial charge in [-0.05, 0) is 12.8 Å². The van der Waals surface area contributed by atoms with Gasteiger partial charge in [-0.2, -0.15) is 0 Å². The molecule has 0 heterocycles. The van der Waals surface area contributed by atoms with Crippen molar-refractivity contribution in [3.05, 3.63) is 0 Å². The Hall–Kier alpha value is -0.650. The van der Waals surface area contributed by atoms with Crippen LogP contribution in [0.5, 0.6) is 0 Å². The van der Waals surface area contributed by atoms with Crippen LogP contribution in [0.25, 0.3) is 0 Å². The van der Waals surface area contributed by atoms with E-state index in [0.717, 1.165) is 32.1 Å². The summed E-state index contributed by atoms with van der Waals surface area (Å²) in [6.45, 7) is 4.28. The van der Waals surface area contributed by atoms with Gasteiger partial charge in [-0.3, -0.25) is 4.79 Å². The Morgan fingerprint density at radius 1 is 0.328 bits per heavy atom. The summed E-state index contributed by atoms with van der Waals surface area (Å²) in [6, 6.07) is -0.707. The molecule has 0 radical (unpaired) electrons. The van der Waals surface area contributed by atoms with Crippen molar-refractivity contribution in [2.75, 3.05) is 6.61 Å². The SMILES string of the molecule is CCCCCCCCCCCCCCCCCCCCCCCCCCC(O)C(=O)NC(CO)C(O)CCCCCCCCCCCCCCCCCCCCCCCCC. The molecule has 0 rings (SSSR count). The molecule has 5 nitrogen and oxygen atoms in total. The maximum atomic E-state index is 12.6. The highest BCUT2D eigenvalue weighted by Gasteiger charge is 2.23. The standard InChI is InChI=1S/C56H113NO4/c1-3-5-7-9-11-13-15-17-19-21-23-25-27-29-31-33-35-37-39-41-43-45-47-49-51-55(60)56(61)57-53(52-58)54(59)50-48-46-44-42-40-38-36-34-32-30-28-26-24-22-20-18-16-14-12-10-8-6-4-2/h53-55,58-60H,3-52H2,1-2H3,(H,57,61). The molecule has 3 unspecified atom stereocenters. The summed E-state index contributed by atoms with van der Waals surface area (Å²) in [6.07, 6.45) is 62.9. The van der Waals surface area contributed by atoms with Crippen LogP contribution in [0.15, 0.2) is 0 Å². The van der Waals surface area contributed by atoms with Crippen LogP contribution in [0.4, 0.5) is 0 Å². The lowest BCUT2D eigenvalue weighted by atomic mass is 10.0. The number of carbonyl (C=O) groups is 1. The van der Waals surface area contributed by atoms with E-state index in [1.54, 1.807) is 0 Å². The second kappa shape index (κ2) is 52.0. The molecule has 0 aliphatic carbocycles. The summed E-state index contributed by atoms with van der Waals surface area (Å²) < 4.78 is 0. The highest BCUT2D eigenvalue weighted by Crippen LogP contribution is 2.19. The Morgan fingerprint density at radius 2 is 0.525 bits per heavy atom. The third-order valence-corrected chi connectivity index (χ3v) is 13.7. The largest absolute Gasteiger partial charge is 0.394 e. The average molecular weight is 865 g/mol. The monoisotopic (exact) mass is 864 g/mol. The van der Waals surface area contributed by atoms with Gasteiger partial charge in [0.2, 0.25) is 5.91 Å². The number of hydrogen-bond acceptors (Lipinski definition) is 4. The Labute approximate surface area is 383 Å². The number of aliphatic hydroxyl groups is 3. The first-order valence-electron chi connectivity index (χ1n) is 28.3. The maximum Gasteiger partial charge on any atom is 0.249 e. The smallest absolute Gasteiger partial charge is 0.249 e. The zero-order valence-electron chi connectivity index (χ0n) is 41.8. The number of amides is 1. The van der Waals surface area contributed by atoms with E-state index in [2.05, 4.69) is 19.2 Å². The average Bonchev–Trinajstić information content (AvgIpc) is 3.26. The summed E-state index contributed by atoms with van der Waals surface area (Å²) in [5, 5.41) is 33.6. The van der Waals surface area contributed by atoms with E-state index in [-0.39, 0.29) is 6.61 Å². The van der Waals surface area contributed by atoms with Crippen molar-refractivity contribution < 1.29 is 20.1 Å². The Bertz CT molecular complexity index is 822. The van der Waals surface area contributed by atoms with Crippen molar-refractivity contribution in [1.82, 2.24) is 5.32 Å². The van der Waals surface area contributed by atoms with Crippen molar-refractivity contribution in [2.24, 2.45) is 0 Å². The fourth-order valence-electron chi connectivity index (χ4n) is 9.31. The van der Waals surface area contributed by atoms with Crippen molar-refractivity contribution >= 4 is 5.91 Å². The van der Waals surface area contributed by atoms with E-state index in [9.17, 15) is 20.1 Å². The third-order valence-electron chi connectivity index (χ3n) is 13.7. The lowest BCUT2D eigenvalue weighted by molar-refractivity contribution is -0.131. The Kier molecular flexibility index (Phi) is 51.4. The normalized spacial score (nSPS) is 13.2. The second-order valence-electron chi connectivity index (χ2n) is 19.9. The van der Waals surface area contributed by atoms with Crippen LogP contribution in [-0.4, -0.2) is 46.1 Å². The Morgan fingerprint density at radius 3 is 0.738 bits per heavy atom. The fourth-order valence-corrected chi connectivity index (χ4v) is 9.31. The van der Waals surface area contributed by atoms with E-state index in [1.807, 2.05) is 0 Å². The molecule has 0 fully saturated rings. The van der Waals surface area contributed by atoms with E-state index >= 15 is 0 Å². The molecule has 4 N–H and O–H groups in total. The molecule has 61 heavy (non-hydrogen) atoms. The number of carbonyl (C=O) groups excluding carboxylic acids is 1. The molecule has 366 valence electrons. The molecular weight excluding hydrogens is 751 g/mol. The number of aliphatic hydroxyl groups excluding tert-OH is 3. The summed E-state index contributed by atoms with van der Waals surface area (Å²) in [5.74, 6) is -0.462. The highest BCUT2D eigenvalue weighted by molar-refractivity contribution is 5.80. The number of rotatable bonds is 53. The predicted molar refractivity (Wildman–Crippen MR) is 269 cm³/mol. The van der Waals surface area contributed by atoms with Gasteiger partial charge in [0, 0.05) is 0 Å². The van der Waals surface area contributed by atoms with Gasteiger partial charge >= 0.3 is 0 Å². The second-order valence-corrected chi connectivity index (χ2v) is 19.9. The summed E-state index contributed by atoms with van der Waals surface area (Å²) in [4.78, 5) is 12.6. The first kappa shape index (κ1) is 60.4. The molecular formula is C56H113NO4. The van der Waals surface area contributed by atoms with E-state index in [0.29, 0.717) is 12.8 Å². The molecule has 0 saturated heterocycles. The minimum absolute atomic E-state index is 0.307. The lowest BCUT2D eigenvalue weighted by Crippen LogP contribution is -2.49. The molecule has 1 amide bonds. The minimum atomic E-state index is -1.07. The van der Waals surface area contributed by atoms with Gasteiger partial charge in [0.15, 0.2) is 0 Å². The third kappa shape index (κ3) is 47.1. The molecule has 0 aromatic rings. The maximum absolute atomic E-state index is 12.6. The van der Waals surface area contributed by atoms with Crippen LogP contribution in [-0.2, 0) is 4.79 Å². The van der Waals surface area contributed by atoms with Gasteiger partial charge < -0.3 is 20.6 Å². The quantitative estimate of drug-likeness (QED) is 0.0459. The molecule has 0 aromatic heterocycles. The molecule has 5 heteroatoms. The summed E-state index contributed by atoms with van der Waals surface area (Å²) in [7, 11) is 0. The van der Waals surface area contributed by atoms with Crippen molar-refractivity contribution in [3.8, 4) is 0 Å². The van der Waals surface area contributed by atoms with Crippen LogP contribution < -0.4 is 5.32 Å². The van der Waals surface area contributed by atoms with Crippen molar-refractivity contribution in [1.29, 1.82) is 0 Å². The van der Waals surface area contributed by atoms with Crippen LogP contribution in [0, 0.1) is 0 Å².